The van der Waals surface area contributed by atoms with E-state index in [0.717, 1.165) is 36.1 Å². The third-order valence-corrected chi connectivity index (χ3v) is 4.28. The molecule has 2 heterocycles. The number of nitrogen functional groups attached to an aromatic ring is 1. The predicted octanol–water partition coefficient (Wildman–Crippen LogP) is 1.72. The van der Waals surface area contributed by atoms with Gasteiger partial charge in [0.15, 0.2) is 0 Å². The van der Waals surface area contributed by atoms with E-state index in [4.69, 9.17) is 10.8 Å². The van der Waals surface area contributed by atoms with Gasteiger partial charge in [-0.3, -0.25) is 0 Å². The smallest absolute Gasteiger partial charge is 0.148 e. The van der Waals surface area contributed by atoms with Crippen molar-refractivity contribution in [3.05, 3.63) is 11.4 Å². The molecular formula is C15H28N6. The van der Waals surface area contributed by atoms with E-state index in [-0.39, 0.29) is 5.92 Å². The van der Waals surface area contributed by atoms with Crippen LogP contribution in [0.5, 0.6) is 0 Å². The number of nitrogens with two attached hydrogens (primary N) is 1. The molecule has 0 bridgehead atoms. The fraction of sp³-hybridized carbons (Fsp3) is 0.733. The van der Waals surface area contributed by atoms with Gasteiger partial charge in [-0.05, 0) is 33.9 Å². The van der Waals surface area contributed by atoms with Crippen LogP contribution in [0.3, 0.4) is 0 Å². The molecule has 0 atom stereocenters. The van der Waals surface area contributed by atoms with Crippen LogP contribution in [0.4, 0.5) is 11.6 Å². The van der Waals surface area contributed by atoms with E-state index < -0.39 is 0 Å². The van der Waals surface area contributed by atoms with Gasteiger partial charge in [0.05, 0.1) is 0 Å². The summed E-state index contributed by atoms with van der Waals surface area (Å²) >= 11 is 0. The molecule has 0 unspecified atom stereocenters. The Balaban J connectivity index is 2.25. The van der Waals surface area contributed by atoms with Gasteiger partial charge in [-0.1, -0.05) is 13.8 Å². The van der Waals surface area contributed by atoms with Crippen molar-refractivity contribution in [3.63, 3.8) is 0 Å². The molecule has 0 spiro atoms. The molecule has 1 fully saturated rings. The van der Waals surface area contributed by atoms with E-state index in [1.807, 2.05) is 6.92 Å². The fourth-order valence-corrected chi connectivity index (χ4v) is 2.82. The molecule has 6 heteroatoms. The number of hydrogen-bond acceptors (Lipinski definition) is 6. The number of hydrazine groups is 1. The number of nitrogens with zero attached hydrogens (tertiary/aromatic N) is 4. The zero-order valence-electron chi connectivity index (χ0n) is 13.8. The van der Waals surface area contributed by atoms with Gasteiger partial charge in [-0.2, -0.15) is 0 Å². The van der Waals surface area contributed by atoms with Crippen molar-refractivity contribution < 1.29 is 0 Å². The van der Waals surface area contributed by atoms with E-state index in [9.17, 15) is 0 Å². The molecule has 0 amide bonds. The summed E-state index contributed by atoms with van der Waals surface area (Å²) in [4.78, 5) is 14.0. The first-order valence-corrected chi connectivity index (χ1v) is 7.70. The minimum Gasteiger partial charge on any atom is -0.356 e. The normalized spacial score (nSPS) is 16.9. The van der Waals surface area contributed by atoms with Crippen LogP contribution in [-0.4, -0.2) is 48.1 Å². The lowest BCUT2D eigenvalue weighted by Gasteiger charge is -2.36. The standard InChI is InChI=1S/C15H28N6/c1-10(2)13-17-14(19-16)11(3)15(18-13)21-8-6-12(7-9-21)20(4)5/h10,12H,6-9,16H2,1-5H3,(H,17,18,19). The molecule has 0 aromatic carbocycles. The lowest BCUT2D eigenvalue weighted by molar-refractivity contribution is 0.249. The average Bonchev–Trinajstić information content (AvgIpc) is 2.47. The molecule has 21 heavy (non-hydrogen) atoms. The minimum atomic E-state index is 0.288. The Morgan fingerprint density at radius 2 is 1.86 bits per heavy atom. The van der Waals surface area contributed by atoms with E-state index in [0.29, 0.717) is 6.04 Å². The first-order chi connectivity index (χ1) is 9.93. The summed E-state index contributed by atoms with van der Waals surface area (Å²) < 4.78 is 0. The van der Waals surface area contributed by atoms with E-state index in [1.165, 1.54) is 12.8 Å². The van der Waals surface area contributed by atoms with Gasteiger partial charge >= 0.3 is 0 Å². The number of hydrogen-bond donors (Lipinski definition) is 2. The van der Waals surface area contributed by atoms with Crippen molar-refractivity contribution >= 4 is 11.6 Å². The summed E-state index contributed by atoms with van der Waals surface area (Å²) in [6, 6.07) is 0.667. The Morgan fingerprint density at radius 3 is 2.33 bits per heavy atom. The summed E-state index contributed by atoms with van der Waals surface area (Å²) in [5.74, 6) is 8.51. The summed E-state index contributed by atoms with van der Waals surface area (Å²) in [5.41, 5.74) is 3.74. The Labute approximate surface area is 127 Å². The van der Waals surface area contributed by atoms with E-state index in [2.05, 4.69) is 48.2 Å². The molecule has 1 aromatic rings. The first-order valence-electron chi connectivity index (χ1n) is 7.70. The highest BCUT2D eigenvalue weighted by Gasteiger charge is 2.24. The number of rotatable bonds is 4. The van der Waals surface area contributed by atoms with Gasteiger partial charge in [0, 0.05) is 30.6 Å². The average molecular weight is 292 g/mol. The largest absolute Gasteiger partial charge is 0.356 e. The predicted molar refractivity (Wildman–Crippen MR) is 87.6 cm³/mol. The van der Waals surface area contributed by atoms with Crippen molar-refractivity contribution in [2.75, 3.05) is 37.5 Å². The monoisotopic (exact) mass is 292 g/mol. The van der Waals surface area contributed by atoms with Gasteiger partial charge in [-0.15, -0.1) is 0 Å². The van der Waals surface area contributed by atoms with Crippen molar-refractivity contribution in [2.24, 2.45) is 5.84 Å². The molecule has 1 aliphatic rings. The topological polar surface area (TPSA) is 70.3 Å². The zero-order chi connectivity index (χ0) is 15.6. The summed E-state index contributed by atoms with van der Waals surface area (Å²) in [6.45, 7) is 8.30. The summed E-state index contributed by atoms with van der Waals surface area (Å²) in [7, 11) is 4.31. The first kappa shape index (κ1) is 16.0. The van der Waals surface area contributed by atoms with Crippen molar-refractivity contribution in [2.45, 2.75) is 45.6 Å². The van der Waals surface area contributed by atoms with E-state index in [1.54, 1.807) is 0 Å². The highest BCUT2D eigenvalue weighted by Crippen LogP contribution is 2.28. The summed E-state index contributed by atoms with van der Waals surface area (Å²) in [6.07, 6.45) is 2.33. The highest BCUT2D eigenvalue weighted by molar-refractivity contribution is 5.58. The van der Waals surface area contributed by atoms with Crippen molar-refractivity contribution in [1.29, 1.82) is 0 Å². The molecule has 2 rings (SSSR count). The second-order valence-electron chi connectivity index (χ2n) is 6.36. The van der Waals surface area contributed by atoms with Crippen LogP contribution in [-0.2, 0) is 0 Å². The third kappa shape index (κ3) is 3.44. The van der Waals surface area contributed by atoms with Crippen LogP contribution in [0.2, 0.25) is 0 Å². The molecule has 6 nitrogen and oxygen atoms in total. The minimum absolute atomic E-state index is 0.288. The Bertz CT molecular complexity index is 477. The third-order valence-electron chi connectivity index (χ3n) is 4.28. The maximum Gasteiger partial charge on any atom is 0.148 e. The van der Waals surface area contributed by atoms with Crippen LogP contribution in [0.1, 0.15) is 44.0 Å². The lowest BCUT2D eigenvalue weighted by atomic mass is 10.0. The second-order valence-corrected chi connectivity index (χ2v) is 6.36. The van der Waals surface area contributed by atoms with Crippen LogP contribution in [0.25, 0.3) is 0 Å². The van der Waals surface area contributed by atoms with Crippen LogP contribution in [0, 0.1) is 6.92 Å². The SMILES string of the molecule is Cc1c(NN)nc(C(C)C)nc1N1CCC(N(C)C)CC1. The molecular weight excluding hydrogens is 264 g/mol. The fourth-order valence-electron chi connectivity index (χ4n) is 2.82. The van der Waals surface area contributed by atoms with Crippen LogP contribution >= 0.6 is 0 Å². The van der Waals surface area contributed by atoms with Crippen LogP contribution in [0.15, 0.2) is 0 Å². The van der Waals surface area contributed by atoms with Crippen LogP contribution < -0.4 is 16.2 Å². The van der Waals surface area contributed by atoms with Gasteiger partial charge in [0.1, 0.15) is 17.5 Å². The lowest BCUT2D eigenvalue weighted by Crippen LogP contribution is -2.42. The van der Waals surface area contributed by atoms with Gasteiger partial charge < -0.3 is 15.2 Å². The van der Waals surface area contributed by atoms with Gasteiger partial charge in [0.25, 0.3) is 0 Å². The van der Waals surface area contributed by atoms with Gasteiger partial charge in [-0.25, -0.2) is 15.8 Å². The summed E-state index contributed by atoms with van der Waals surface area (Å²) in [5, 5.41) is 0. The highest BCUT2D eigenvalue weighted by atomic mass is 15.3. The van der Waals surface area contributed by atoms with Gasteiger partial charge in [0.2, 0.25) is 0 Å². The zero-order valence-corrected chi connectivity index (χ0v) is 13.8. The van der Waals surface area contributed by atoms with Crippen molar-refractivity contribution in [3.8, 4) is 0 Å². The van der Waals surface area contributed by atoms with E-state index >= 15 is 0 Å². The molecule has 3 N–H and O–H groups in total. The maximum absolute atomic E-state index is 5.61. The molecule has 0 saturated carbocycles. The number of anilines is 2. The molecule has 118 valence electrons. The number of piperidine rings is 1. The second kappa shape index (κ2) is 6.58. The molecule has 1 aliphatic heterocycles. The molecule has 0 aliphatic carbocycles. The molecule has 1 saturated heterocycles. The van der Waals surface area contributed by atoms with Crippen molar-refractivity contribution in [1.82, 2.24) is 14.9 Å². The maximum atomic E-state index is 5.61. The number of aromatic nitrogens is 2. The quantitative estimate of drug-likeness (QED) is 0.650. The molecule has 1 aromatic heterocycles. The number of nitrogens with one attached hydrogen (secondary N) is 1. The Morgan fingerprint density at radius 1 is 1.24 bits per heavy atom. The molecule has 0 radical (unpaired) electrons. The Hall–Kier alpha value is -1.40. The Kier molecular flexibility index (Phi) is 5.00.